The van der Waals surface area contributed by atoms with E-state index in [9.17, 15) is 8.42 Å². The summed E-state index contributed by atoms with van der Waals surface area (Å²) in [6.45, 7) is 4.12. The summed E-state index contributed by atoms with van der Waals surface area (Å²) in [4.78, 5) is 0.283. The van der Waals surface area contributed by atoms with Crippen LogP contribution in [0, 0.1) is 13.8 Å². The Morgan fingerprint density at radius 2 is 1.54 bits per heavy atom. The molecule has 0 radical (unpaired) electrons. The van der Waals surface area contributed by atoms with Crippen LogP contribution >= 0.6 is 0 Å². The molecule has 1 aliphatic carbocycles. The summed E-state index contributed by atoms with van der Waals surface area (Å²) in [5.41, 5.74) is 2.62. The van der Waals surface area contributed by atoms with Gasteiger partial charge in [-0.25, -0.2) is 13.1 Å². The molecular weight excluding hydrogens is 374 g/mol. The van der Waals surface area contributed by atoms with Crippen molar-refractivity contribution in [1.29, 1.82) is 0 Å². The molecule has 2 aromatic carbocycles. The number of rotatable bonds is 7. The smallest absolute Gasteiger partial charge is 0.240 e. The van der Waals surface area contributed by atoms with Crippen LogP contribution in [0.25, 0.3) is 0 Å². The zero-order valence-electron chi connectivity index (χ0n) is 17.0. The highest BCUT2D eigenvalue weighted by Crippen LogP contribution is 2.41. The maximum absolute atomic E-state index is 13.0. The molecule has 28 heavy (non-hydrogen) atoms. The van der Waals surface area contributed by atoms with Crippen molar-refractivity contribution in [3.05, 3.63) is 53.1 Å². The monoisotopic (exact) mass is 403 g/mol. The Bertz CT molecular complexity index is 907. The fourth-order valence-electron chi connectivity index (χ4n) is 4.27. The third-order valence-corrected chi connectivity index (χ3v) is 7.19. The molecule has 0 heterocycles. The number of ether oxygens (including phenoxy) is 2. The minimum absolute atomic E-state index is 0.171. The van der Waals surface area contributed by atoms with Gasteiger partial charge in [0.05, 0.1) is 19.1 Å². The van der Waals surface area contributed by atoms with E-state index in [0.717, 1.165) is 53.9 Å². The summed E-state index contributed by atoms with van der Waals surface area (Å²) in [5, 5.41) is 0. The van der Waals surface area contributed by atoms with Crippen molar-refractivity contribution in [3.63, 3.8) is 0 Å². The number of aryl methyl sites for hydroxylation is 2. The molecule has 1 saturated carbocycles. The highest BCUT2D eigenvalue weighted by atomic mass is 32.2. The Hall–Kier alpha value is -2.05. The van der Waals surface area contributed by atoms with E-state index in [2.05, 4.69) is 16.9 Å². The van der Waals surface area contributed by atoms with E-state index >= 15 is 0 Å². The number of benzene rings is 2. The fraction of sp³-hybridized carbons (Fsp3) is 0.455. The van der Waals surface area contributed by atoms with E-state index in [0.29, 0.717) is 6.54 Å². The molecule has 6 heteroatoms. The molecule has 1 N–H and O–H groups in total. The van der Waals surface area contributed by atoms with Gasteiger partial charge in [0.25, 0.3) is 0 Å². The molecule has 0 spiro atoms. The fourth-order valence-corrected chi connectivity index (χ4v) is 5.56. The van der Waals surface area contributed by atoms with Crippen molar-refractivity contribution in [1.82, 2.24) is 4.72 Å². The highest BCUT2D eigenvalue weighted by Gasteiger charge is 2.36. The molecule has 0 aliphatic heterocycles. The molecule has 2 aromatic rings. The summed E-state index contributed by atoms with van der Waals surface area (Å²) in [6, 6.07) is 11.3. The van der Waals surface area contributed by atoms with Crippen LogP contribution < -0.4 is 14.2 Å². The lowest BCUT2D eigenvalue weighted by Crippen LogP contribution is -2.39. The number of hydrogen-bond acceptors (Lipinski definition) is 4. The zero-order chi connectivity index (χ0) is 20.4. The van der Waals surface area contributed by atoms with Crippen LogP contribution in [0.1, 0.15) is 42.4 Å². The van der Waals surface area contributed by atoms with Gasteiger partial charge >= 0.3 is 0 Å². The second-order valence-corrected chi connectivity index (χ2v) is 9.40. The standard InChI is InChI=1S/C22H29NO4S/c1-16-13-20(14-17(2)21(16)27-4)28(24,25)23-15-22(11-5-6-12-22)18-7-9-19(26-3)10-8-18/h7-10,13-14,23H,5-6,11-12,15H2,1-4H3. The minimum Gasteiger partial charge on any atom is -0.497 e. The largest absolute Gasteiger partial charge is 0.497 e. The number of hydrogen-bond donors (Lipinski definition) is 1. The summed E-state index contributed by atoms with van der Waals surface area (Å²) >= 11 is 0. The van der Waals surface area contributed by atoms with Crippen molar-refractivity contribution in [3.8, 4) is 11.5 Å². The quantitative estimate of drug-likeness (QED) is 0.756. The zero-order valence-corrected chi connectivity index (χ0v) is 17.9. The molecule has 0 saturated heterocycles. The van der Waals surface area contributed by atoms with Crippen molar-refractivity contribution >= 4 is 10.0 Å². The van der Waals surface area contributed by atoms with Crippen molar-refractivity contribution < 1.29 is 17.9 Å². The van der Waals surface area contributed by atoms with Gasteiger partial charge in [-0.05, 0) is 67.6 Å². The van der Waals surface area contributed by atoms with E-state index in [-0.39, 0.29) is 10.3 Å². The van der Waals surface area contributed by atoms with Crippen LogP contribution in [0.5, 0.6) is 11.5 Å². The van der Waals surface area contributed by atoms with Gasteiger partial charge in [0.2, 0.25) is 10.0 Å². The van der Waals surface area contributed by atoms with Crippen molar-refractivity contribution in [2.45, 2.75) is 49.8 Å². The van der Waals surface area contributed by atoms with Crippen LogP contribution in [0.2, 0.25) is 0 Å². The first kappa shape index (κ1) is 20.7. The molecule has 1 aliphatic rings. The van der Waals surface area contributed by atoms with Crippen LogP contribution in [0.4, 0.5) is 0 Å². The molecule has 152 valence electrons. The predicted molar refractivity (Wildman–Crippen MR) is 111 cm³/mol. The Morgan fingerprint density at radius 1 is 0.964 bits per heavy atom. The summed E-state index contributed by atoms with van der Waals surface area (Å²) < 4.78 is 39.5. The predicted octanol–water partition coefficient (Wildman–Crippen LogP) is 4.11. The average Bonchev–Trinajstić information content (AvgIpc) is 3.16. The van der Waals surface area contributed by atoms with Crippen LogP contribution in [0.15, 0.2) is 41.3 Å². The third kappa shape index (κ3) is 4.03. The molecule has 0 bridgehead atoms. The van der Waals surface area contributed by atoms with Crippen LogP contribution in [-0.2, 0) is 15.4 Å². The molecule has 0 amide bonds. The van der Waals surface area contributed by atoms with Crippen molar-refractivity contribution in [2.75, 3.05) is 20.8 Å². The van der Waals surface area contributed by atoms with E-state index in [1.165, 1.54) is 0 Å². The SMILES string of the molecule is COc1ccc(C2(CNS(=O)(=O)c3cc(C)c(OC)c(C)c3)CCCC2)cc1. The second kappa shape index (κ2) is 8.13. The van der Waals surface area contributed by atoms with Gasteiger partial charge in [0, 0.05) is 12.0 Å². The minimum atomic E-state index is -3.61. The van der Waals surface area contributed by atoms with Gasteiger partial charge < -0.3 is 9.47 Å². The summed E-state index contributed by atoms with van der Waals surface area (Å²) in [5.74, 6) is 1.53. The lowest BCUT2D eigenvalue weighted by Gasteiger charge is -2.30. The normalized spacial score (nSPS) is 16.1. The van der Waals surface area contributed by atoms with Crippen LogP contribution in [-0.4, -0.2) is 29.2 Å². The first-order valence-corrected chi connectivity index (χ1v) is 11.1. The average molecular weight is 404 g/mol. The van der Waals surface area contributed by atoms with E-state index in [1.54, 1.807) is 26.4 Å². The van der Waals surface area contributed by atoms with E-state index in [4.69, 9.17) is 9.47 Å². The number of sulfonamides is 1. The summed E-state index contributed by atoms with van der Waals surface area (Å²) in [7, 11) is -0.363. The van der Waals surface area contributed by atoms with E-state index in [1.807, 2.05) is 26.0 Å². The number of nitrogens with one attached hydrogen (secondary N) is 1. The molecule has 0 atom stereocenters. The molecule has 3 rings (SSSR count). The summed E-state index contributed by atoms with van der Waals surface area (Å²) in [6.07, 6.45) is 4.16. The lowest BCUT2D eigenvalue weighted by molar-refractivity contribution is 0.407. The molecule has 1 fully saturated rings. The maximum Gasteiger partial charge on any atom is 0.240 e. The number of methoxy groups -OCH3 is 2. The van der Waals surface area contributed by atoms with E-state index < -0.39 is 10.0 Å². The third-order valence-electron chi connectivity index (χ3n) is 5.81. The first-order chi connectivity index (χ1) is 13.3. The van der Waals surface area contributed by atoms with Crippen LogP contribution in [0.3, 0.4) is 0 Å². The van der Waals surface area contributed by atoms with Gasteiger partial charge in [-0.15, -0.1) is 0 Å². The molecule has 0 aromatic heterocycles. The second-order valence-electron chi connectivity index (χ2n) is 7.63. The van der Waals surface area contributed by atoms with Gasteiger partial charge in [-0.3, -0.25) is 0 Å². The maximum atomic E-state index is 13.0. The molecule has 5 nitrogen and oxygen atoms in total. The Balaban J connectivity index is 1.85. The molecular formula is C22H29NO4S. The Morgan fingerprint density at radius 3 is 2.04 bits per heavy atom. The van der Waals surface area contributed by atoms with Gasteiger partial charge in [0.1, 0.15) is 11.5 Å². The highest BCUT2D eigenvalue weighted by molar-refractivity contribution is 7.89. The lowest BCUT2D eigenvalue weighted by atomic mass is 9.79. The van der Waals surface area contributed by atoms with Gasteiger partial charge in [0.15, 0.2) is 0 Å². The topological polar surface area (TPSA) is 64.6 Å². The Kier molecular flexibility index (Phi) is 6.01. The Labute approximate surface area is 168 Å². The van der Waals surface area contributed by atoms with Crippen molar-refractivity contribution in [2.24, 2.45) is 0 Å². The molecule has 0 unspecified atom stereocenters. The van der Waals surface area contributed by atoms with Gasteiger partial charge in [-0.2, -0.15) is 0 Å². The van der Waals surface area contributed by atoms with Gasteiger partial charge in [-0.1, -0.05) is 25.0 Å². The first-order valence-electron chi connectivity index (χ1n) is 9.61.